The molecule has 0 spiro atoms. The average Bonchev–Trinajstić information content (AvgIpc) is 2.58. The number of aliphatic hydroxyl groups excluding tert-OH is 1. The van der Waals surface area contributed by atoms with E-state index in [1.165, 1.54) is 25.3 Å². The fraction of sp³-hybridized carbons (Fsp3) is 0.818. The van der Waals surface area contributed by atoms with Crippen LogP contribution in [0.4, 0.5) is 0 Å². The number of Topliss-reactive ketones (excluding diaryl/α,β-unsaturated/α-hetero) is 1. The van der Waals surface area contributed by atoms with E-state index in [1.807, 2.05) is 6.92 Å². The van der Waals surface area contributed by atoms with Crippen LogP contribution >= 0.6 is 0 Å². The maximum Gasteiger partial charge on any atom is 0.302 e. The molecule has 0 aliphatic heterocycles. The van der Waals surface area contributed by atoms with Gasteiger partial charge in [0.2, 0.25) is 0 Å². The van der Waals surface area contributed by atoms with Gasteiger partial charge in [-0.1, -0.05) is 31.9 Å². The van der Waals surface area contributed by atoms with Gasteiger partial charge in [0.25, 0.3) is 0 Å². The minimum atomic E-state index is -0.501. The fourth-order valence-electron chi connectivity index (χ4n) is 6.47. The molecule has 26 heavy (non-hydrogen) atoms. The van der Waals surface area contributed by atoms with Crippen molar-refractivity contribution in [2.45, 2.75) is 72.6 Å². The Labute approximate surface area is 157 Å². The van der Waals surface area contributed by atoms with Gasteiger partial charge in [-0.25, -0.2) is 0 Å². The van der Waals surface area contributed by atoms with Gasteiger partial charge in [-0.2, -0.15) is 0 Å². The Morgan fingerprint density at radius 1 is 1.19 bits per heavy atom. The van der Waals surface area contributed by atoms with Gasteiger partial charge in [0.05, 0.1) is 6.61 Å². The van der Waals surface area contributed by atoms with Crippen LogP contribution in [0.5, 0.6) is 0 Å². The van der Waals surface area contributed by atoms with E-state index in [0.717, 1.165) is 32.1 Å². The van der Waals surface area contributed by atoms with Crippen molar-refractivity contribution in [1.29, 1.82) is 0 Å². The lowest BCUT2D eigenvalue weighted by Gasteiger charge is -2.60. The fourth-order valence-corrected chi connectivity index (χ4v) is 6.47. The predicted molar refractivity (Wildman–Crippen MR) is 100 cm³/mol. The van der Waals surface area contributed by atoms with Crippen LogP contribution in [0.25, 0.3) is 0 Å². The molecule has 146 valence electrons. The molecule has 1 N–H and O–H groups in total. The highest BCUT2D eigenvalue weighted by atomic mass is 16.5. The molecule has 4 heteroatoms. The zero-order valence-corrected chi connectivity index (χ0v) is 16.8. The molecule has 0 bridgehead atoms. The van der Waals surface area contributed by atoms with Gasteiger partial charge in [0, 0.05) is 17.8 Å². The Hall–Kier alpha value is -1.16. The number of hydrogen-bond donors (Lipinski definition) is 1. The maximum atomic E-state index is 12.2. The highest BCUT2D eigenvalue weighted by molar-refractivity contribution is 5.87. The highest BCUT2D eigenvalue weighted by Crippen LogP contribution is 2.63. The molecule has 2 saturated carbocycles. The molecule has 0 unspecified atom stereocenters. The molecule has 4 nitrogen and oxygen atoms in total. The summed E-state index contributed by atoms with van der Waals surface area (Å²) in [6, 6.07) is 0. The van der Waals surface area contributed by atoms with Crippen LogP contribution in [-0.2, 0) is 14.3 Å². The monoisotopic (exact) mass is 362 g/mol. The lowest BCUT2D eigenvalue weighted by molar-refractivity contribution is -0.153. The third kappa shape index (κ3) is 3.15. The van der Waals surface area contributed by atoms with Gasteiger partial charge in [0.15, 0.2) is 5.78 Å². The van der Waals surface area contributed by atoms with Gasteiger partial charge >= 0.3 is 5.97 Å². The largest absolute Gasteiger partial charge is 0.465 e. The summed E-state index contributed by atoms with van der Waals surface area (Å²) in [5.74, 6) is 0.811. The van der Waals surface area contributed by atoms with E-state index in [-0.39, 0.29) is 29.2 Å². The molecule has 5 atom stereocenters. The zero-order valence-electron chi connectivity index (χ0n) is 16.8. The van der Waals surface area contributed by atoms with Crippen LogP contribution in [0.3, 0.4) is 0 Å². The second-order valence-corrected chi connectivity index (χ2v) is 9.69. The van der Waals surface area contributed by atoms with Gasteiger partial charge in [0.1, 0.15) is 6.61 Å². The number of hydrogen-bond acceptors (Lipinski definition) is 4. The van der Waals surface area contributed by atoms with E-state index < -0.39 is 5.41 Å². The van der Waals surface area contributed by atoms with Crippen molar-refractivity contribution in [3.05, 3.63) is 11.6 Å². The van der Waals surface area contributed by atoms with Crippen molar-refractivity contribution < 1.29 is 19.4 Å². The number of esters is 1. The lowest BCUT2D eigenvalue weighted by Crippen LogP contribution is -2.53. The summed E-state index contributed by atoms with van der Waals surface area (Å²) < 4.78 is 5.47. The standard InChI is InChI=1S/C22H34O4/c1-15(24)26-14-21(3)9-5-10-22(4)17-8-11-20(2,19(25)13-23)12-16(17)6-7-18(21)22/h12,17-18,23H,5-11,13-14H2,1-4H3/t17-,18-,20+,21-,22+/m1/s1. The molecule has 0 saturated heterocycles. The van der Waals surface area contributed by atoms with Crippen LogP contribution in [0.1, 0.15) is 72.6 Å². The molecule has 0 aromatic carbocycles. The number of aliphatic hydroxyl groups is 1. The number of allylic oxidation sites excluding steroid dienone is 2. The first-order valence-corrected chi connectivity index (χ1v) is 10.1. The second-order valence-electron chi connectivity index (χ2n) is 9.69. The Balaban J connectivity index is 1.88. The van der Waals surface area contributed by atoms with Crippen molar-refractivity contribution >= 4 is 11.8 Å². The van der Waals surface area contributed by atoms with Crippen LogP contribution in [0, 0.1) is 28.1 Å². The highest BCUT2D eigenvalue weighted by Gasteiger charge is 2.56. The molecular weight excluding hydrogens is 328 g/mol. The van der Waals surface area contributed by atoms with Crippen molar-refractivity contribution in [2.75, 3.05) is 13.2 Å². The van der Waals surface area contributed by atoms with Gasteiger partial charge in [-0.05, 0) is 62.7 Å². The SMILES string of the molecule is CC(=O)OC[C@@]1(C)CCC[C@@]2(C)[C@@H]3CC[C@](C)(C(=O)CO)C=C3CC[C@H]12. The summed E-state index contributed by atoms with van der Waals surface area (Å²) in [6.45, 7) is 8.36. The van der Waals surface area contributed by atoms with Crippen LogP contribution in [-0.4, -0.2) is 30.1 Å². The van der Waals surface area contributed by atoms with Crippen LogP contribution in [0.15, 0.2) is 11.6 Å². The molecule has 0 heterocycles. The third-order valence-corrected chi connectivity index (χ3v) is 7.91. The van der Waals surface area contributed by atoms with E-state index in [0.29, 0.717) is 18.4 Å². The predicted octanol–water partition coefficient (Wildman–Crippen LogP) is 4.06. The summed E-state index contributed by atoms with van der Waals surface area (Å²) in [4.78, 5) is 23.6. The van der Waals surface area contributed by atoms with Crippen LogP contribution in [0.2, 0.25) is 0 Å². The van der Waals surface area contributed by atoms with E-state index in [4.69, 9.17) is 4.74 Å². The Morgan fingerprint density at radius 2 is 1.92 bits per heavy atom. The zero-order chi connectivity index (χ0) is 19.2. The minimum absolute atomic E-state index is 0.0475. The number of ether oxygens (including phenoxy) is 1. The van der Waals surface area contributed by atoms with E-state index in [2.05, 4.69) is 19.9 Å². The Morgan fingerprint density at radius 3 is 2.58 bits per heavy atom. The summed E-state index contributed by atoms with van der Waals surface area (Å²) in [5.41, 5.74) is 1.18. The molecular formula is C22H34O4. The second kappa shape index (κ2) is 6.78. The summed E-state index contributed by atoms with van der Waals surface area (Å²) in [6.07, 6.45) is 9.65. The molecule has 0 amide bonds. The van der Waals surface area contributed by atoms with E-state index in [9.17, 15) is 14.7 Å². The number of carbonyl (C=O) groups excluding carboxylic acids is 2. The average molecular weight is 363 g/mol. The molecule has 0 radical (unpaired) electrons. The van der Waals surface area contributed by atoms with E-state index in [1.54, 1.807) is 0 Å². The minimum Gasteiger partial charge on any atom is -0.465 e. The van der Waals surface area contributed by atoms with Gasteiger partial charge < -0.3 is 9.84 Å². The summed E-state index contributed by atoms with van der Waals surface area (Å²) >= 11 is 0. The Bertz CT molecular complexity index is 624. The van der Waals surface area contributed by atoms with Crippen molar-refractivity contribution in [2.24, 2.45) is 28.1 Å². The number of fused-ring (bicyclic) bond motifs is 3. The lowest BCUT2D eigenvalue weighted by atomic mass is 9.45. The smallest absolute Gasteiger partial charge is 0.302 e. The molecule has 0 aromatic rings. The Kier molecular flexibility index (Phi) is 5.11. The van der Waals surface area contributed by atoms with Gasteiger partial charge in [-0.3, -0.25) is 9.59 Å². The molecule has 3 aliphatic rings. The normalized spacial score (nSPS) is 42.3. The van der Waals surface area contributed by atoms with Crippen molar-refractivity contribution in [3.8, 4) is 0 Å². The first-order chi connectivity index (χ1) is 12.1. The number of carbonyl (C=O) groups is 2. The van der Waals surface area contributed by atoms with Gasteiger partial charge in [-0.15, -0.1) is 0 Å². The third-order valence-electron chi connectivity index (χ3n) is 7.91. The first kappa shape index (κ1) is 19.6. The summed E-state index contributed by atoms with van der Waals surface area (Å²) in [7, 11) is 0. The quantitative estimate of drug-likeness (QED) is 0.605. The van der Waals surface area contributed by atoms with Crippen molar-refractivity contribution in [3.63, 3.8) is 0 Å². The molecule has 0 aromatic heterocycles. The van der Waals surface area contributed by atoms with Crippen molar-refractivity contribution in [1.82, 2.24) is 0 Å². The number of ketones is 1. The van der Waals surface area contributed by atoms with Crippen LogP contribution < -0.4 is 0 Å². The maximum absolute atomic E-state index is 12.2. The van der Waals surface area contributed by atoms with E-state index >= 15 is 0 Å². The summed E-state index contributed by atoms with van der Waals surface area (Å²) in [5, 5.41) is 9.34. The topological polar surface area (TPSA) is 63.6 Å². The molecule has 2 fully saturated rings. The first-order valence-electron chi connectivity index (χ1n) is 10.1. The molecule has 3 rings (SSSR count). The number of rotatable bonds is 4. The molecule has 3 aliphatic carbocycles.